The Hall–Kier alpha value is -2.08. The molecule has 2 rings (SSSR count). The molecule has 0 N–H and O–H groups in total. The van der Waals surface area contributed by atoms with Gasteiger partial charge in [-0.25, -0.2) is 0 Å². The van der Waals surface area contributed by atoms with E-state index in [1.54, 1.807) is 12.0 Å². The van der Waals surface area contributed by atoms with Crippen molar-refractivity contribution in [3.8, 4) is 17.5 Å². The molecule has 0 bridgehead atoms. The number of hydrogen-bond donors (Lipinski definition) is 0. The van der Waals surface area contributed by atoms with E-state index in [2.05, 4.69) is 21.9 Å². The molecule has 6 nitrogen and oxygen atoms in total. The van der Waals surface area contributed by atoms with Crippen LogP contribution in [0, 0.1) is 0 Å². The van der Waals surface area contributed by atoms with Gasteiger partial charge in [-0.1, -0.05) is 13.0 Å². The maximum absolute atomic E-state index is 5.88. The monoisotopic (exact) mass is 308 g/mol. The second-order valence-corrected chi connectivity index (χ2v) is 4.86. The molecule has 1 heterocycles. The number of methoxy groups -OCH3 is 1. The first-order valence-electron chi connectivity index (χ1n) is 6.47. The summed E-state index contributed by atoms with van der Waals surface area (Å²) in [4.78, 5) is 13.9. The van der Waals surface area contributed by atoms with Crippen molar-refractivity contribution in [1.82, 2.24) is 15.0 Å². The zero-order chi connectivity index (χ0) is 15.4. The zero-order valence-electron chi connectivity index (χ0n) is 12.4. The number of aryl methyl sites for hydroxylation is 1. The van der Waals surface area contributed by atoms with E-state index >= 15 is 0 Å². The van der Waals surface area contributed by atoms with E-state index in [1.165, 1.54) is 0 Å². The normalized spacial score (nSPS) is 10.3. The van der Waals surface area contributed by atoms with Crippen LogP contribution in [0.2, 0.25) is 5.28 Å². The lowest BCUT2D eigenvalue weighted by Crippen LogP contribution is -2.13. The Labute approximate surface area is 128 Å². The highest BCUT2D eigenvalue weighted by Crippen LogP contribution is 2.31. The smallest absolute Gasteiger partial charge is 0.328 e. The predicted molar refractivity (Wildman–Crippen MR) is 81.6 cm³/mol. The van der Waals surface area contributed by atoms with Gasteiger partial charge in [0.05, 0.1) is 7.11 Å². The molecule has 112 valence electrons. The van der Waals surface area contributed by atoms with Crippen LogP contribution >= 0.6 is 11.6 Å². The number of aromatic nitrogens is 3. The summed E-state index contributed by atoms with van der Waals surface area (Å²) in [5.41, 5.74) is 1.15. The minimum absolute atomic E-state index is 0.0767. The molecule has 0 saturated carbocycles. The van der Waals surface area contributed by atoms with Gasteiger partial charge in [-0.3, -0.25) is 0 Å². The number of nitrogens with zero attached hydrogens (tertiary/aromatic N) is 4. The van der Waals surface area contributed by atoms with Crippen molar-refractivity contribution < 1.29 is 9.47 Å². The molecule has 1 aromatic heterocycles. The lowest BCUT2D eigenvalue weighted by atomic mass is 10.1. The Morgan fingerprint density at radius 3 is 2.52 bits per heavy atom. The number of rotatable bonds is 5. The molecular weight excluding hydrogens is 292 g/mol. The lowest BCUT2D eigenvalue weighted by Gasteiger charge is -2.13. The van der Waals surface area contributed by atoms with Crippen molar-refractivity contribution in [2.75, 3.05) is 26.1 Å². The molecule has 0 aliphatic carbocycles. The highest BCUT2D eigenvalue weighted by Gasteiger charge is 2.12. The van der Waals surface area contributed by atoms with Crippen LogP contribution < -0.4 is 14.4 Å². The number of anilines is 1. The van der Waals surface area contributed by atoms with Gasteiger partial charge >= 0.3 is 6.01 Å². The zero-order valence-corrected chi connectivity index (χ0v) is 13.2. The predicted octanol–water partition coefficient (Wildman–Crippen LogP) is 2.95. The van der Waals surface area contributed by atoms with Crippen LogP contribution in [-0.2, 0) is 6.42 Å². The maximum Gasteiger partial charge on any atom is 0.328 e. The average Bonchev–Trinajstić information content (AvgIpc) is 2.47. The molecule has 1 aromatic carbocycles. The minimum atomic E-state index is 0.0767. The lowest BCUT2D eigenvalue weighted by molar-refractivity contribution is 0.367. The maximum atomic E-state index is 5.88. The molecule has 2 aromatic rings. The van der Waals surface area contributed by atoms with Gasteiger partial charge in [0.25, 0.3) is 0 Å². The van der Waals surface area contributed by atoms with Gasteiger partial charge in [-0.15, -0.1) is 0 Å². The standard InChI is InChI=1S/C14H17ClN4O2/c1-5-9-6-7-10(11(8-9)20-4)21-14-17-12(15)16-13(18-14)19(2)3/h6-8H,5H2,1-4H3. The first kappa shape index (κ1) is 15.3. The van der Waals surface area contributed by atoms with Crippen LogP contribution in [0.3, 0.4) is 0 Å². The molecule has 0 fully saturated rings. The van der Waals surface area contributed by atoms with E-state index in [0.29, 0.717) is 17.4 Å². The third kappa shape index (κ3) is 3.72. The van der Waals surface area contributed by atoms with E-state index in [1.807, 2.05) is 32.3 Å². The molecule has 21 heavy (non-hydrogen) atoms. The summed E-state index contributed by atoms with van der Waals surface area (Å²) in [5, 5.41) is 0.0767. The first-order chi connectivity index (χ1) is 10.0. The number of benzene rings is 1. The Balaban J connectivity index is 2.33. The van der Waals surface area contributed by atoms with Crippen LogP contribution in [0.25, 0.3) is 0 Å². The summed E-state index contributed by atoms with van der Waals surface area (Å²) in [5.74, 6) is 1.58. The molecule has 0 atom stereocenters. The molecule has 7 heteroatoms. The van der Waals surface area contributed by atoms with Gasteiger partial charge in [-0.2, -0.15) is 15.0 Å². The quantitative estimate of drug-likeness (QED) is 0.846. The molecule has 0 aliphatic heterocycles. The summed E-state index contributed by atoms with van der Waals surface area (Å²) in [6.07, 6.45) is 0.916. The van der Waals surface area contributed by atoms with E-state index in [-0.39, 0.29) is 11.3 Å². The Kier molecular flexibility index (Phi) is 4.80. The fourth-order valence-corrected chi connectivity index (χ4v) is 1.83. The van der Waals surface area contributed by atoms with Crippen LogP contribution in [-0.4, -0.2) is 36.2 Å². The van der Waals surface area contributed by atoms with Crippen molar-refractivity contribution in [1.29, 1.82) is 0 Å². The van der Waals surface area contributed by atoms with Gasteiger partial charge in [0.15, 0.2) is 11.5 Å². The van der Waals surface area contributed by atoms with E-state index in [0.717, 1.165) is 12.0 Å². The molecule has 0 radical (unpaired) electrons. The molecule has 0 spiro atoms. The van der Waals surface area contributed by atoms with E-state index < -0.39 is 0 Å². The summed E-state index contributed by atoms with van der Waals surface area (Å²) in [7, 11) is 5.21. The summed E-state index contributed by atoms with van der Waals surface area (Å²) >= 11 is 5.88. The van der Waals surface area contributed by atoms with Gasteiger partial charge in [0.1, 0.15) is 0 Å². The second kappa shape index (κ2) is 6.58. The van der Waals surface area contributed by atoms with Crippen LogP contribution in [0.1, 0.15) is 12.5 Å². The summed E-state index contributed by atoms with van der Waals surface area (Å²) in [6.45, 7) is 2.07. The Bertz CT molecular complexity index is 634. The van der Waals surface area contributed by atoms with Gasteiger partial charge in [0.2, 0.25) is 11.2 Å². The largest absolute Gasteiger partial charge is 0.493 e. The van der Waals surface area contributed by atoms with Crippen molar-refractivity contribution in [2.45, 2.75) is 13.3 Å². The Morgan fingerprint density at radius 2 is 1.90 bits per heavy atom. The number of ether oxygens (including phenoxy) is 2. The number of halogens is 1. The molecular formula is C14H17ClN4O2. The SMILES string of the molecule is CCc1ccc(Oc2nc(Cl)nc(N(C)C)n2)c(OC)c1. The molecule has 0 aliphatic rings. The summed E-state index contributed by atoms with van der Waals surface area (Å²) < 4.78 is 11.0. The minimum Gasteiger partial charge on any atom is -0.493 e. The van der Waals surface area contributed by atoms with Crippen molar-refractivity contribution >= 4 is 17.5 Å². The van der Waals surface area contributed by atoms with Crippen LogP contribution in [0.4, 0.5) is 5.95 Å². The third-order valence-corrected chi connectivity index (χ3v) is 2.98. The molecule has 0 saturated heterocycles. The molecule has 0 amide bonds. The van der Waals surface area contributed by atoms with Crippen molar-refractivity contribution in [2.24, 2.45) is 0 Å². The fourth-order valence-electron chi connectivity index (χ4n) is 1.68. The van der Waals surface area contributed by atoms with Crippen molar-refractivity contribution in [3.05, 3.63) is 29.0 Å². The fraction of sp³-hybridized carbons (Fsp3) is 0.357. The highest BCUT2D eigenvalue weighted by molar-refractivity contribution is 6.28. The van der Waals surface area contributed by atoms with E-state index in [4.69, 9.17) is 21.1 Å². The van der Waals surface area contributed by atoms with E-state index in [9.17, 15) is 0 Å². The highest BCUT2D eigenvalue weighted by atomic mass is 35.5. The Morgan fingerprint density at radius 1 is 1.14 bits per heavy atom. The van der Waals surface area contributed by atoms with Crippen molar-refractivity contribution in [3.63, 3.8) is 0 Å². The third-order valence-electron chi connectivity index (χ3n) is 2.81. The summed E-state index contributed by atoms with van der Waals surface area (Å²) in [6, 6.07) is 5.84. The van der Waals surface area contributed by atoms with Gasteiger partial charge in [0, 0.05) is 14.1 Å². The molecule has 0 unspecified atom stereocenters. The van der Waals surface area contributed by atoms with Gasteiger partial charge < -0.3 is 14.4 Å². The first-order valence-corrected chi connectivity index (χ1v) is 6.85. The van der Waals surface area contributed by atoms with Crippen LogP contribution in [0.5, 0.6) is 17.5 Å². The average molecular weight is 309 g/mol. The second-order valence-electron chi connectivity index (χ2n) is 4.52. The number of hydrogen-bond acceptors (Lipinski definition) is 6. The topological polar surface area (TPSA) is 60.4 Å². The van der Waals surface area contributed by atoms with Gasteiger partial charge in [-0.05, 0) is 35.7 Å². The van der Waals surface area contributed by atoms with Crippen LogP contribution in [0.15, 0.2) is 18.2 Å².